The number of amides is 2. The number of nitrogens with one attached hydrogen (secondary N) is 1. The van der Waals surface area contributed by atoms with Gasteiger partial charge in [0.05, 0.1) is 18.9 Å². The highest BCUT2D eigenvalue weighted by Gasteiger charge is 2.12. The van der Waals surface area contributed by atoms with Crippen molar-refractivity contribution in [2.75, 3.05) is 26.7 Å². The number of urea groups is 1. The maximum atomic E-state index is 11.6. The van der Waals surface area contributed by atoms with E-state index in [0.29, 0.717) is 26.0 Å². The standard InChI is InChI=1S/C13H24N2O5/c1-4-20-11(16)7-9-15(3)13(19)14-8-5-6-10(2)12(17)18/h10H,4-9H2,1-3H3,(H,14,19)(H,17,18). The van der Waals surface area contributed by atoms with Crippen LogP contribution in [0.2, 0.25) is 0 Å². The van der Waals surface area contributed by atoms with Gasteiger partial charge >= 0.3 is 18.0 Å². The van der Waals surface area contributed by atoms with E-state index in [1.807, 2.05) is 0 Å². The predicted molar refractivity (Wildman–Crippen MR) is 73.3 cm³/mol. The Labute approximate surface area is 119 Å². The Morgan fingerprint density at radius 2 is 2.00 bits per heavy atom. The molecule has 0 bridgehead atoms. The van der Waals surface area contributed by atoms with Gasteiger partial charge in [-0.2, -0.15) is 0 Å². The van der Waals surface area contributed by atoms with Gasteiger partial charge in [-0.15, -0.1) is 0 Å². The van der Waals surface area contributed by atoms with Crippen LogP contribution in [0.15, 0.2) is 0 Å². The average Bonchev–Trinajstić information content (AvgIpc) is 2.40. The third kappa shape index (κ3) is 8.34. The number of nitrogens with zero attached hydrogens (tertiary/aromatic N) is 1. The zero-order chi connectivity index (χ0) is 15.5. The number of carboxylic acid groups (broad SMARTS) is 1. The second-order valence-corrected chi connectivity index (χ2v) is 4.59. The lowest BCUT2D eigenvalue weighted by atomic mass is 10.1. The molecule has 0 aliphatic rings. The van der Waals surface area contributed by atoms with Crippen LogP contribution in [0.25, 0.3) is 0 Å². The quantitative estimate of drug-likeness (QED) is 0.489. The van der Waals surface area contributed by atoms with Crippen molar-refractivity contribution in [1.29, 1.82) is 0 Å². The Morgan fingerprint density at radius 3 is 2.55 bits per heavy atom. The Kier molecular flexibility index (Phi) is 9.15. The van der Waals surface area contributed by atoms with Gasteiger partial charge in [0.2, 0.25) is 0 Å². The van der Waals surface area contributed by atoms with Gasteiger partial charge in [-0.25, -0.2) is 4.79 Å². The summed E-state index contributed by atoms with van der Waals surface area (Å²) in [6, 6.07) is -0.280. The zero-order valence-corrected chi connectivity index (χ0v) is 12.3. The first-order valence-electron chi connectivity index (χ1n) is 6.75. The first-order chi connectivity index (χ1) is 9.38. The molecule has 1 atom stereocenters. The molecule has 0 aliphatic carbocycles. The minimum atomic E-state index is -0.831. The van der Waals surface area contributed by atoms with Crippen molar-refractivity contribution < 1.29 is 24.2 Å². The summed E-state index contributed by atoms with van der Waals surface area (Å²) in [5.41, 5.74) is 0. The normalized spacial score (nSPS) is 11.6. The first-order valence-corrected chi connectivity index (χ1v) is 6.75. The molecule has 0 aromatic heterocycles. The molecule has 0 rings (SSSR count). The number of esters is 1. The lowest BCUT2D eigenvalue weighted by Crippen LogP contribution is -2.39. The molecule has 7 nitrogen and oxygen atoms in total. The minimum Gasteiger partial charge on any atom is -0.481 e. The molecule has 0 aliphatic heterocycles. The zero-order valence-electron chi connectivity index (χ0n) is 12.3. The van der Waals surface area contributed by atoms with Crippen LogP contribution in [-0.4, -0.2) is 54.7 Å². The van der Waals surface area contributed by atoms with Gasteiger partial charge < -0.3 is 20.1 Å². The van der Waals surface area contributed by atoms with Crippen LogP contribution in [0.5, 0.6) is 0 Å². The van der Waals surface area contributed by atoms with Crippen molar-refractivity contribution in [2.45, 2.75) is 33.1 Å². The van der Waals surface area contributed by atoms with Gasteiger partial charge in [0.25, 0.3) is 0 Å². The largest absolute Gasteiger partial charge is 0.481 e. The fourth-order valence-electron chi connectivity index (χ4n) is 1.46. The Hall–Kier alpha value is -1.79. The summed E-state index contributed by atoms with van der Waals surface area (Å²) in [5.74, 6) is -1.57. The fourth-order valence-corrected chi connectivity index (χ4v) is 1.46. The van der Waals surface area contributed by atoms with Gasteiger partial charge in [0.1, 0.15) is 0 Å². The number of aliphatic carboxylic acids is 1. The molecule has 0 fully saturated rings. The summed E-state index contributed by atoms with van der Waals surface area (Å²) >= 11 is 0. The van der Waals surface area contributed by atoms with Crippen LogP contribution in [0.4, 0.5) is 4.79 Å². The van der Waals surface area contributed by atoms with Crippen LogP contribution in [0.3, 0.4) is 0 Å². The Morgan fingerprint density at radius 1 is 1.35 bits per heavy atom. The SMILES string of the molecule is CCOC(=O)CCN(C)C(=O)NCCCC(C)C(=O)O. The summed E-state index contributed by atoms with van der Waals surface area (Å²) in [4.78, 5) is 34.8. The van der Waals surface area contributed by atoms with E-state index in [0.717, 1.165) is 0 Å². The third-order valence-electron chi connectivity index (χ3n) is 2.82. The summed E-state index contributed by atoms with van der Waals surface area (Å²) in [5, 5.41) is 11.4. The van der Waals surface area contributed by atoms with Gasteiger partial charge in [-0.05, 0) is 19.8 Å². The van der Waals surface area contributed by atoms with Crippen molar-refractivity contribution >= 4 is 18.0 Å². The molecule has 2 amide bonds. The number of carbonyl (C=O) groups is 3. The molecule has 0 aromatic rings. The molecule has 0 radical (unpaired) electrons. The van der Waals surface area contributed by atoms with E-state index >= 15 is 0 Å². The molecular formula is C13H24N2O5. The van der Waals surface area contributed by atoms with Gasteiger partial charge in [0.15, 0.2) is 0 Å². The third-order valence-corrected chi connectivity index (χ3v) is 2.82. The van der Waals surface area contributed by atoms with Crippen LogP contribution in [0.1, 0.15) is 33.1 Å². The second-order valence-electron chi connectivity index (χ2n) is 4.59. The lowest BCUT2D eigenvalue weighted by molar-refractivity contribution is -0.143. The van der Waals surface area contributed by atoms with Crippen molar-refractivity contribution in [3.63, 3.8) is 0 Å². The highest BCUT2D eigenvalue weighted by molar-refractivity contribution is 5.75. The lowest BCUT2D eigenvalue weighted by Gasteiger charge is -2.17. The number of carbonyl (C=O) groups excluding carboxylic acids is 2. The van der Waals surface area contributed by atoms with E-state index < -0.39 is 11.9 Å². The van der Waals surface area contributed by atoms with E-state index in [1.54, 1.807) is 20.9 Å². The Balaban J connectivity index is 3.75. The van der Waals surface area contributed by atoms with Crippen molar-refractivity contribution in [3.8, 4) is 0 Å². The topological polar surface area (TPSA) is 95.9 Å². The van der Waals surface area contributed by atoms with Crippen molar-refractivity contribution in [1.82, 2.24) is 10.2 Å². The van der Waals surface area contributed by atoms with Crippen LogP contribution < -0.4 is 5.32 Å². The van der Waals surface area contributed by atoms with E-state index in [4.69, 9.17) is 9.84 Å². The smallest absolute Gasteiger partial charge is 0.317 e. The number of carboxylic acids is 1. The average molecular weight is 288 g/mol. The molecule has 0 heterocycles. The molecule has 2 N–H and O–H groups in total. The van der Waals surface area contributed by atoms with E-state index in [9.17, 15) is 14.4 Å². The Bertz CT molecular complexity index is 333. The highest BCUT2D eigenvalue weighted by Crippen LogP contribution is 2.04. The molecular weight excluding hydrogens is 264 g/mol. The maximum absolute atomic E-state index is 11.6. The molecule has 116 valence electrons. The second kappa shape index (κ2) is 10.1. The molecule has 1 unspecified atom stereocenters. The molecule has 0 aromatic carbocycles. The summed E-state index contributed by atoms with van der Waals surface area (Å²) in [6.45, 7) is 4.40. The van der Waals surface area contributed by atoms with Gasteiger partial charge in [-0.1, -0.05) is 6.92 Å². The molecule has 7 heteroatoms. The van der Waals surface area contributed by atoms with Gasteiger partial charge in [-0.3, -0.25) is 9.59 Å². The van der Waals surface area contributed by atoms with E-state index in [-0.39, 0.29) is 25.0 Å². The van der Waals surface area contributed by atoms with Crippen LogP contribution in [0, 0.1) is 5.92 Å². The fraction of sp³-hybridized carbons (Fsp3) is 0.769. The number of hydrogen-bond donors (Lipinski definition) is 2. The monoisotopic (exact) mass is 288 g/mol. The highest BCUT2D eigenvalue weighted by atomic mass is 16.5. The molecule has 0 saturated heterocycles. The molecule has 0 spiro atoms. The number of rotatable bonds is 9. The summed E-state index contributed by atoms with van der Waals surface area (Å²) in [6.07, 6.45) is 1.28. The van der Waals surface area contributed by atoms with Crippen molar-refractivity contribution in [3.05, 3.63) is 0 Å². The summed E-state index contributed by atoms with van der Waals surface area (Å²) in [7, 11) is 1.59. The first kappa shape index (κ1) is 18.2. The minimum absolute atomic E-state index is 0.161. The van der Waals surface area contributed by atoms with E-state index in [1.165, 1.54) is 4.90 Å². The summed E-state index contributed by atoms with van der Waals surface area (Å²) < 4.78 is 4.77. The maximum Gasteiger partial charge on any atom is 0.317 e. The van der Waals surface area contributed by atoms with Crippen molar-refractivity contribution in [2.24, 2.45) is 5.92 Å². The molecule has 20 heavy (non-hydrogen) atoms. The predicted octanol–water partition coefficient (Wildman–Crippen LogP) is 1.08. The van der Waals surface area contributed by atoms with Gasteiger partial charge in [0, 0.05) is 20.1 Å². The molecule has 0 saturated carbocycles. The number of hydrogen-bond acceptors (Lipinski definition) is 4. The van der Waals surface area contributed by atoms with Crippen LogP contribution in [-0.2, 0) is 14.3 Å². The number of ether oxygens (including phenoxy) is 1. The van der Waals surface area contributed by atoms with Crippen LogP contribution >= 0.6 is 0 Å². The van der Waals surface area contributed by atoms with E-state index in [2.05, 4.69) is 5.32 Å².